The molecule has 7 nitrogen and oxygen atoms in total. The molecule has 0 fully saturated rings. The van der Waals surface area contributed by atoms with Crippen molar-refractivity contribution in [2.24, 2.45) is 5.92 Å². The van der Waals surface area contributed by atoms with Gasteiger partial charge in [-0.05, 0) is 36.9 Å². The lowest BCUT2D eigenvalue weighted by Gasteiger charge is -2.22. The van der Waals surface area contributed by atoms with Crippen molar-refractivity contribution in [3.05, 3.63) is 37.6 Å². The molecule has 0 amide bonds. The topological polar surface area (TPSA) is 90.9 Å². The van der Waals surface area contributed by atoms with Crippen LogP contribution < -0.4 is 21.5 Å². The van der Waals surface area contributed by atoms with Crippen LogP contribution in [0, 0.1) is 5.92 Å². The maximum absolute atomic E-state index is 12.0. The molecule has 26 heavy (non-hydrogen) atoms. The van der Waals surface area contributed by atoms with E-state index in [0.717, 1.165) is 11.9 Å². The number of rotatable bonds is 8. The third kappa shape index (κ3) is 4.15. The van der Waals surface area contributed by atoms with Crippen LogP contribution in [0.4, 0.5) is 17.1 Å². The van der Waals surface area contributed by atoms with Crippen LogP contribution in [0.2, 0.25) is 5.02 Å². The zero-order valence-electron chi connectivity index (χ0n) is 15.2. The molecule has 1 unspecified atom stereocenters. The van der Waals surface area contributed by atoms with Gasteiger partial charge in [0.05, 0.1) is 22.7 Å². The number of phenolic OH excluding ortho intramolecular Hbond substituents is 1. The van der Waals surface area contributed by atoms with Crippen LogP contribution >= 0.6 is 23.5 Å². The van der Waals surface area contributed by atoms with Crippen molar-refractivity contribution in [2.75, 3.05) is 24.8 Å². The van der Waals surface area contributed by atoms with Crippen LogP contribution in [0.5, 0.6) is 5.75 Å². The van der Waals surface area contributed by atoms with Crippen LogP contribution in [0.1, 0.15) is 20.8 Å². The molecular formula is C17H22ClN3O4S. The third-order valence-electron chi connectivity index (χ3n) is 4.10. The molecule has 2 rings (SSSR count). The van der Waals surface area contributed by atoms with Crippen LogP contribution in [0.15, 0.2) is 26.6 Å². The minimum Gasteiger partial charge on any atom is -0.505 e. The average molecular weight is 400 g/mol. The fourth-order valence-electron chi connectivity index (χ4n) is 2.08. The number of nitrogens with one attached hydrogen (secondary N) is 2. The van der Waals surface area contributed by atoms with E-state index in [4.69, 9.17) is 16.4 Å². The Kier molecular flexibility index (Phi) is 6.57. The second-order valence-electron chi connectivity index (χ2n) is 6.20. The van der Waals surface area contributed by atoms with Gasteiger partial charge in [0.1, 0.15) is 11.4 Å². The minimum atomic E-state index is -0.624. The molecule has 0 spiro atoms. The first kappa shape index (κ1) is 20.6. The Labute approximate surface area is 161 Å². The van der Waals surface area contributed by atoms with Crippen molar-refractivity contribution in [1.82, 2.24) is 4.47 Å². The maximum Gasteiger partial charge on any atom is 0.253 e. The molecule has 2 aromatic carbocycles. The monoisotopic (exact) mass is 399 g/mol. The lowest BCUT2D eigenvalue weighted by atomic mass is 10.0. The highest BCUT2D eigenvalue weighted by Crippen LogP contribution is 2.42. The van der Waals surface area contributed by atoms with Crippen LogP contribution in [-0.2, 0) is 4.84 Å². The normalized spacial score (nSPS) is 12.8. The third-order valence-corrected chi connectivity index (χ3v) is 5.53. The summed E-state index contributed by atoms with van der Waals surface area (Å²) in [5.41, 5.74) is -0.554. The Balaban J connectivity index is 2.33. The van der Waals surface area contributed by atoms with Gasteiger partial charge in [-0.2, -0.15) is 0 Å². The van der Waals surface area contributed by atoms with Gasteiger partial charge in [-0.1, -0.05) is 25.4 Å². The Morgan fingerprint density at radius 3 is 2.38 bits per heavy atom. The van der Waals surface area contributed by atoms with E-state index in [1.165, 1.54) is 11.6 Å². The Bertz CT molecular complexity index is 864. The lowest BCUT2D eigenvalue weighted by molar-refractivity contribution is -0.0146. The first-order chi connectivity index (χ1) is 12.2. The Morgan fingerprint density at radius 1 is 1.19 bits per heavy atom. The largest absolute Gasteiger partial charge is 0.505 e. The standard InChI is InChI=1S/C17H22ClN3O4S/c1-8(2)9(3)19-12-13(16(24)15(12)23)20-11-7-6-10(18)17(14(11)22)26-21(4)25-5/h6-9,19-20,22H,1-5H3. The first-order valence-electron chi connectivity index (χ1n) is 8.01. The molecule has 0 saturated heterocycles. The van der Waals surface area contributed by atoms with Gasteiger partial charge in [0.15, 0.2) is 5.75 Å². The predicted molar refractivity (Wildman–Crippen MR) is 106 cm³/mol. The van der Waals surface area contributed by atoms with Crippen LogP contribution in [0.3, 0.4) is 0 Å². The molecule has 0 aromatic heterocycles. The number of aromatic hydroxyl groups is 1. The molecule has 0 aliphatic carbocycles. The van der Waals surface area contributed by atoms with Gasteiger partial charge in [-0.3, -0.25) is 14.4 Å². The fraction of sp³-hybridized carbons (Fsp3) is 0.412. The van der Waals surface area contributed by atoms with Crippen molar-refractivity contribution < 1.29 is 9.94 Å². The molecule has 0 saturated carbocycles. The molecule has 3 N–H and O–H groups in total. The van der Waals surface area contributed by atoms with Gasteiger partial charge >= 0.3 is 0 Å². The maximum atomic E-state index is 12.0. The lowest BCUT2D eigenvalue weighted by Crippen LogP contribution is -2.39. The molecular weight excluding hydrogens is 378 g/mol. The number of anilines is 3. The smallest absolute Gasteiger partial charge is 0.253 e. The summed E-state index contributed by atoms with van der Waals surface area (Å²) in [6.07, 6.45) is 0. The van der Waals surface area contributed by atoms with E-state index in [2.05, 4.69) is 10.6 Å². The van der Waals surface area contributed by atoms with Gasteiger partial charge in [0.2, 0.25) is 0 Å². The van der Waals surface area contributed by atoms with Crippen LogP contribution in [0.25, 0.3) is 0 Å². The number of hydrogen-bond acceptors (Lipinski definition) is 8. The summed E-state index contributed by atoms with van der Waals surface area (Å²) in [6.45, 7) is 5.95. The van der Waals surface area contributed by atoms with Crippen molar-refractivity contribution >= 4 is 40.6 Å². The molecule has 0 radical (unpaired) electrons. The molecule has 0 aliphatic rings. The summed E-state index contributed by atoms with van der Waals surface area (Å²) in [5, 5.41) is 16.7. The molecule has 2 aromatic rings. The Morgan fingerprint density at radius 2 is 1.81 bits per heavy atom. The number of nitrogens with zero attached hydrogens (tertiary/aromatic N) is 1. The molecule has 0 bridgehead atoms. The highest BCUT2D eigenvalue weighted by molar-refractivity contribution is 7.97. The molecule has 142 valence electrons. The minimum absolute atomic E-state index is 0.0131. The molecule has 0 heterocycles. The first-order valence-corrected chi connectivity index (χ1v) is 9.16. The summed E-state index contributed by atoms with van der Waals surface area (Å²) < 4.78 is 1.42. The Hall–Kier alpha value is -1.74. The average Bonchev–Trinajstić information content (AvgIpc) is 2.61. The summed E-state index contributed by atoms with van der Waals surface area (Å²) in [4.78, 5) is 29.2. The van der Waals surface area contributed by atoms with Crippen molar-refractivity contribution in [3.8, 4) is 5.75 Å². The van der Waals surface area contributed by atoms with Gasteiger partial charge < -0.3 is 15.7 Å². The molecule has 1 atom stereocenters. The number of hydroxylamine groups is 1. The number of hydrogen-bond donors (Lipinski definition) is 3. The molecule has 9 heteroatoms. The highest BCUT2D eigenvalue weighted by atomic mass is 35.5. The van der Waals surface area contributed by atoms with E-state index in [1.807, 2.05) is 20.8 Å². The second-order valence-corrected chi connectivity index (χ2v) is 7.71. The SMILES string of the molecule is CON(C)Sc1c(Cl)ccc(Nc2c(NC(C)C(C)C)c(=O)c2=O)c1O. The van der Waals surface area contributed by atoms with E-state index >= 15 is 0 Å². The zero-order valence-corrected chi connectivity index (χ0v) is 16.8. The van der Waals surface area contributed by atoms with E-state index in [-0.39, 0.29) is 34.8 Å². The van der Waals surface area contributed by atoms with E-state index < -0.39 is 10.9 Å². The van der Waals surface area contributed by atoms with Crippen molar-refractivity contribution in [1.29, 1.82) is 0 Å². The molecule has 0 aliphatic heterocycles. The summed E-state index contributed by atoms with van der Waals surface area (Å²) in [7, 11) is 3.14. The second kappa shape index (κ2) is 8.30. The fourth-order valence-corrected chi connectivity index (χ4v) is 3.02. The van der Waals surface area contributed by atoms with E-state index in [9.17, 15) is 14.7 Å². The van der Waals surface area contributed by atoms with E-state index in [1.54, 1.807) is 19.2 Å². The van der Waals surface area contributed by atoms with Gasteiger partial charge in [-0.25, -0.2) is 0 Å². The summed E-state index contributed by atoms with van der Waals surface area (Å²) in [5.74, 6) is 0.145. The van der Waals surface area contributed by atoms with Gasteiger partial charge in [-0.15, -0.1) is 4.47 Å². The highest BCUT2D eigenvalue weighted by Gasteiger charge is 2.25. The van der Waals surface area contributed by atoms with E-state index in [0.29, 0.717) is 9.92 Å². The van der Waals surface area contributed by atoms with Crippen molar-refractivity contribution in [3.63, 3.8) is 0 Å². The van der Waals surface area contributed by atoms with Gasteiger partial charge in [0, 0.05) is 13.1 Å². The summed E-state index contributed by atoms with van der Waals surface area (Å²) >= 11 is 7.22. The van der Waals surface area contributed by atoms with Gasteiger partial charge in [0.25, 0.3) is 10.9 Å². The number of halogens is 1. The summed E-state index contributed by atoms with van der Waals surface area (Å²) in [6, 6.07) is 3.14. The number of benzene rings is 1. The quantitative estimate of drug-likeness (QED) is 0.269. The van der Waals surface area contributed by atoms with Crippen molar-refractivity contribution in [2.45, 2.75) is 31.7 Å². The number of phenols is 1. The van der Waals surface area contributed by atoms with Crippen LogP contribution in [-0.4, -0.2) is 29.8 Å². The zero-order chi connectivity index (χ0) is 19.6. The predicted octanol–water partition coefficient (Wildman–Crippen LogP) is 3.34.